The van der Waals surface area contributed by atoms with Crippen LogP contribution in [0.25, 0.3) is 0 Å². The van der Waals surface area contributed by atoms with E-state index in [1.807, 2.05) is 0 Å². The summed E-state index contributed by atoms with van der Waals surface area (Å²) in [6.45, 7) is 4.90. The lowest BCUT2D eigenvalue weighted by atomic mass is 10.1. The van der Waals surface area contributed by atoms with Crippen LogP contribution in [-0.4, -0.2) is 65.8 Å². The molecule has 0 bridgehead atoms. The van der Waals surface area contributed by atoms with Gasteiger partial charge in [-0.25, -0.2) is 9.78 Å². The van der Waals surface area contributed by atoms with Gasteiger partial charge in [0.15, 0.2) is 0 Å². The van der Waals surface area contributed by atoms with Gasteiger partial charge < -0.3 is 20.1 Å². The maximum Gasteiger partial charge on any atom is 0.356 e. The summed E-state index contributed by atoms with van der Waals surface area (Å²) in [4.78, 5) is 29.9. The van der Waals surface area contributed by atoms with Gasteiger partial charge in [-0.15, -0.1) is 0 Å². The van der Waals surface area contributed by atoms with Crippen LogP contribution in [0.4, 0.5) is 0 Å². The van der Waals surface area contributed by atoms with E-state index < -0.39 is 5.97 Å². The molecule has 1 aliphatic rings. The van der Waals surface area contributed by atoms with Crippen molar-refractivity contribution in [1.82, 2.24) is 15.2 Å². The van der Waals surface area contributed by atoms with Gasteiger partial charge in [0.05, 0.1) is 12.7 Å². The Morgan fingerprint density at radius 3 is 2.74 bits per heavy atom. The molecule has 1 aliphatic heterocycles. The maximum absolute atomic E-state index is 12.1. The third-order valence-electron chi connectivity index (χ3n) is 3.74. The largest absolute Gasteiger partial charge is 0.461 e. The number of hydrogen-bond donors (Lipinski definition) is 2. The van der Waals surface area contributed by atoms with Crippen LogP contribution in [0.2, 0.25) is 0 Å². The molecular weight excluding hydrogens is 298 g/mol. The minimum absolute atomic E-state index is 0.129. The van der Waals surface area contributed by atoms with E-state index in [1.165, 1.54) is 6.07 Å². The van der Waals surface area contributed by atoms with Crippen molar-refractivity contribution in [3.63, 3.8) is 0 Å². The quantitative estimate of drug-likeness (QED) is 0.739. The standard InChI is InChI=1S/C16H23N3O4/c1-2-23-16(22)14-5-3-4-13(18-14)15(21)17-8-11-19-9-6-12(20)7-10-19/h3-5,12,20H,2,6-11H2,1H3,(H,17,21). The second kappa shape index (κ2) is 8.59. The summed E-state index contributed by atoms with van der Waals surface area (Å²) in [7, 11) is 0. The monoisotopic (exact) mass is 321 g/mol. The van der Waals surface area contributed by atoms with Crippen LogP contribution < -0.4 is 5.32 Å². The smallest absolute Gasteiger partial charge is 0.356 e. The number of ether oxygens (including phenoxy) is 1. The molecule has 1 fully saturated rings. The first-order valence-electron chi connectivity index (χ1n) is 7.93. The molecule has 0 radical (unpaired) electrons. The van der Waals surface area contributed by atoms with E-state index >= 15 is 0 Å². The number of likely N-dealkylation sites (tertiary alicyclic amines) is 1. The fourth-order valence-corrected chi connectivity index (χ4v) is 2.44. The zero-order valence-electron chi connectivity index (χ0n) is 13.3. The Labute approximate surface area is 135 Å². The van der Waals surface area contributed by atoms with Crippen molar-refractivity contribution in [3.8, 4) is 0 Å². The molecular formula is C16H23N3O4. The third kappa shape index (κ3) is 5.30. The molecule has 2 heterocycles. The summed E-state index contributed by atoms with van der Waals surface area (Å²) in [5, 5.41) is 12.3. The molecule has 0 unspecified atom stereocenters. The molecule has 1 aromatic rings. The number of aliphatic hydroxyl groups is 1. The lowest BCUT2D eigenvalue weighted by Crippen LogP contribution is -2.40. The van der Waals surface area contributed by atoms with Gasteiger partial charge in [0.1, 0.15) is 11.4 Å². The van der Waals surface area contributed by atoms with Crippen LogP contribution in [0.5, 0.6) is 0 Å². The van der Waals surface area contributed by atoms with Crippen LogP contribution in [0.3, 0.4) is 0 Å². The van der Waals surface area contributed by atoms with E-state index in [0.717, 1.165) is 32.5 Å². The third-order valence-corrected chi connectivity index (χ3v) is 3.74. The van der Waals surface area contributed by atoms with Gasteiger partial charge in [-0.1, -0.05) is 6.07 Å². The molecule has 0 spiro atoms. The molecule has 23 heavy (non-hydrogen) atoms. The molecule has 0 aliphatic carbocycles. The van der Waals surface area contributed by atoms with Crippen molar-refractivity contribution in [2.45, 2.75) is 25.9 Å². The topological polar surface area (TPSA) is 91.8 Å². The van der Waals surface area contributed by atoms with E-state index in [4.69, 9.17) is 4.74 Å². The predicted octanol–water partition coefficient (Wildman–Crippen LogP) is 0.445. The number of aliphatic hydroxyl groups excluding tert-OH is 1. The second-order valence-electron chi connectivity index (χ2n) is 5.46. The van der Waals surface area contributed by atoms with Crippen LogP contribution in [0.15, 0.2) is 18.2 Å². The molecule has 1 aromatic heterocycles. The number of amides is 1. The first-order valence-corrected chi connectivity index (χ1v) is 7.93. The van der Waals surface area contributed by atoms with Gasteiger partial charge in [-0.3, -0.25) is 4.79 Å². The summed E-state index contributed by atoms with van der Waals surface area (Å²) >= 11 is 0. The Morgan fingerprint density at radius 1 is 1.35 bits per heavy atom. The molecule has 1 amide bonds. The highest BCUT2D eigenvalue weighted by Crippen LogP contribution is 2.08. The van der Waals surface area contributed by atoms with Crippen LogP contribution in [0, 0.1) is 0 Å². The molecule has 2 N–H and O–H groups in total. The molecule has 0 aromatic carbocycles. The lowest BCUT2D eigenvalue weighted by molar-refractivity contribution is 0.0519. The van der Waals surface area contributed by atoms with E-state index in [2.05, 4.69) is 15.2 Å². The molecule has 0 atom stereocenters. The highest BCUT2D eigenvalue weighted by Gasteiger charge is 2.17. The first kappa shape index (κ1) is 17.4. The van der Waals surface area contributed by atoms with E-state index in [-0.39, 0.29) is 30.0 Å². The van der Waals surface area contributed by atoms with Crippen LogP contribution in [0.1, 0.15) is 40.7 Å². The minimum atomic E-state index is -0.533. The van der Waals surface area contributed by atoms with Gasteiger partial charge in [-0.2, -0.15) is 0 Å². The fraction of sp³-hybridized carbons (Fsp3) is 0.562. The first-order chi connectivity index (χ1) is 11.1. The molecule has 2 rings (SSSR count). The zero-order valence-corrected chi connectivity index (χ0v) is 13.3. The van der Waals surface area contributed by atoms with Crippen molar-refractivity contribution in [2.75, 3.05) is 32.8 Å². The number of esters is 1. The number of rotatable bonds is 6. The normalized spacial score (nSPS) is 16.1. The molecule has 7 nitrogen and oxygen atoms in total. The van der Waals surface area contributed by atoms with Gasteiger partial charge in [0.25, 0.3) is 5.91 Å². The van der Waals surface area contributed by atoms with Crippen molar-refractivity contribution >= 4 is 11.9 Å². The number of pyridine rings is 1. The van der Waals surface area contributed by atoms with Crippen LogP contribution in [-0.2, 0) is 4.74 Å². The highest BCUT2D eigenvalue weighted by molar-refractivity contribution is 5.94. The molecule has 0 saturated carbocycles. The van der Waals surface area contributed by atoms with E-state index in [0.29, 0.717) is 6.54 Å². The second-order valence-corrected chi connectivity index (χ2v) is 5.46. The molecule has 1 saturated heterocycles. The van der Waals surface area contributed by atoms with Gasteiger partial charge >= 0.3 is 5.97 Å². The number of hydrogen-bond acceptors (Lipinski definition) is 6. The Balaban J connectivity index is 1.81. The van der Waals surface area contributed by atoms with Gasteiger partial charge in [-0.05, 0) is 31.9 Å². The summed E-state index contributed by atoms with van der Waals surface area (Å²) in [5.41, 5.74) is 0.328. The average molecular weight is 321 g/mol. The summed E-state index contributed by atoms with van der Waals surface area (Å²) in [5.74, 6) is -0.845. The molecule has 126 valence electrons. The lowest BCUT2D eigenvalue weighted by Gasteiger charge is -2.29. The number of aromatic nitrogens is 1. The van der Waals surface area contributed by atoms with E-state index in [1.54, 1.807) is 19.1 Å². The van der Waals surface area contributed by atoms with Gasteiger partial charge in [0.2, 0.25) is 0 Å². The van der Waals surface area contributed by atoms with E-state index in [9.17, 15) is 14.7 Å². The van der Waals surface area contributed by atoms with Crippen molar-refractivity contribution in [2.24, 2.45) is 0 Å². The number of carbonyl (C=O) groups excluding carboxylic acids is 2. The number of nitrogens with zero attached hydrogens (tertiary/aromatic N) is 2. The SMILES string of the molecule is CCOC(=O)c1cccc(C(=O)NCCN2CCC(O)CC2)n1. The Hall–Kier alpha value is -1.99. The highest BCUT2D eigenvalue weighted by atomic mass is 16.5. The fourth-order valence-electron chi connectivity index (χ4n) is 2.44. The summed E-state index contributed by atoms with van der Waals surface area (Å²) in [6.07, 6.45) is 1.35. The van der Waals surface area contributed by atoms with Crippen LogP contribution >= 0.6 is 0 Å². The number of piperidine rings is 1. The molecule has 7 heteroatoms. The Kier molecular flexibility index (Phi) is 6.49. The summed E-state index contributed by atoms with van der Waals surface area (Å²) in [6, 6.07) is 4.70. The Bertz CT molecular complexity index is 542. The van der Waals surface area contributed by atoms with Crippen molar-refractivity contribution < 1.29 is 19.4 Å². The van der Waals surface area contributed by atoms with Crippen molar-refractivity contribution in [3.05, 3.63) is 29.6 Å². The summed E-state index contributed by atoms with van der Waals surface area (Å²) < 4.78 is 4.87. The number of carbonyl (C=O) groups is 2. The minimum Gasteiger partial charge on any atom is -0.461 e. The van der Waals surface area contributed by atoms with Crippen molar-refractivity contribution in [1.29, 1.82) is 0 Å². The predicted molar refractivity (Wildman–Crippen MR) is 84.2 cm³/mol. The number of nitrogens with one attached hydrogen (secondary N) is 1. The van der Waals surface area contributed by atoms with Gasteiger partial charge in [0, 0.05) is 26.2 Å². The average Bonchev–Trinajstić information content (AvgIpc) is 2.57. The maximum atomic E-state index is 12.1. The Morgan fingerprint density at radius 2 is 2.04 bits per heavy atom. The zero-order chi connectivity index (χ0) is 16.7.